The summed E-state index contributed by atoms with van der Waals surface area (Å²) >= 11 is 0. The molecule has 1 amide bonds. The zero-order valence-corrected chi connectivity index (χ0v) is 18.1. The molecule has 160 valence electrons. The fourth-order valence-corrected chi connectivity index (χ4v) is 5.18. The molecule has 1 atom stereocenters. The molecule has 30 heavy (non-hydrogen) atoms. The summed E-state index contributed by atoms with van der Waals surface area (Å²) in [6, 6.07) is 11.1. The van der Waals surface area contributed by atoms with Gasteiger partial charge in [0.2, 0.25) is 15.7 Å². The maximum atomic E-state index is 13.4. The van der Waals surface area contributed by atoms with Crippen molar-refractivity contribution in [2.24, 2.45) is 0 Å². The number of nitrogens with zero attached hydrogens (tertiary/aromatic N) is 3. The molecule has 4 rings (SSSR count). The van der Waals surface area contributed by atoms with Gasteiger partial charge in [0, 0.05) is 31.1 Å². The van der Waals surface area contributed by atoms with E-state index in [0.29, 0.717) is 37.6 Å². The lowest BCUT2D eigenvalue weighted by atomic mass is 10.2. The molecule has 2 aromatic heterocycles. The minimum Gasteiger partial charge on any atom is -0.497 e. The van der Waals surface area contributed by atoms with Crippen molar-refractivity contribution in [2.45, 2.75) is 19.5 Å². The highest BCUT2D eigenvalue weighted by atomic mass is 32.2. The molecule has 3 aromatic rings. The van der Waals surface area contributed by atoms with Gasteiger partial charge in [-0.05, 0) is 36.8 Å². The predicted molar refractivity (Wildman–Crippen MR) is 113 cm³/mol. The number of carbonyl (C=O) groups excluding carboxylic acids is 1. The predicted octanol–water partition coefficient (Wildman–Crippen LogP) is 2.40. The van der Waals surface area contributed by atoms with E-state index < -0.39 is 10.0 Å². The number of carbonyl (C=O) groups is 1. The van der Waals surface area contributed by atoms with Crippen LogP contribution in [0.4, 0.5) is 0 Å². The van der Waals surface area contributed by atoms with Crippen LogP contribution in [0.2, 0.25) is 0 Å². The van der Waals surface area contributed by atoms with Crippen molar-refractivity contribution in [3.8, 4) is 5.75 Å². The van der Waals surface area contributed by atoms with Crippen LogP contribution in [0.3, 0.4) is 0 Å². The smallest absolute Gasteiger partial charge is 0.270 e. The van der Waals surface area contributed by atoms with E-state index in [2.05, 4.69) is 0 Å². The summed E-state index contributed by atoms with van der Waals surface area (Å²) in [6.07, 6.45) is 2.81. The van der Waals surface area contributed by atoms with Gasteiger partial charge >= 0.3 is 0 Å². The lowest BCUT2D eigenvalue weighted by molar-refractivity contribution is 0.0632. The number of furan rings is 1. The van der Waals surface area contributed by atoms with E-state index in [-0.39, 0.29) is 11.9 Å². The lowest BCUT2D eigenvalue weighted by Gasteiger charge is -2.38. The minimum atomic E-state index is -3.29. The Morgan fingerprint density at radius 2 is 2.03 bits per heavy atom. The van der Waals surface area contributed by atoms with Gasteiger partial charge in [0.15, 0.2) is 0 Å². The van der Waals surface area contributed by atoms with Gasteiger partial charge in [-0.3, -0.25) is 4.79 Å². The topological polar surface area (TPSA) is 85.0 Å². The molecule has 1 aromatic carbocycles. The Morgan fingerprint density at radius 3 is 2.73 bits per heavy atom. The van der Waals surface area contributed by atoms with Gasteiger partial charge in [0.05, 0.1) is 26.2 Å². The molecule has 1 fully saturated rings. The first-order valence-corrected chi connectivity index (χ1v) is 11.6. The van der Waals surface area contributed by atoms with Gasteiger partial charge in [-0.2, -0.15) is 4.31 Å². The standard InChI is InChI=1S/C21H25N3O5S/c1-15-13-22(8-9-24(15)30(3,26)27)20(25)19-12-17-7-10-29-21(17)23(19)14-16-5-4-6-18(11-16)28-2/h4-7,10-12,15H,8-9,13-14H2,1-3H3. The first-order chi connectivity index (χ1) is 14.3. The molecular formula is C21H25N3O5S. The van der Waals surface area contributed by atoms with Crippen LogP contribution in [0, 0.1) is 0 Å². The fraction of sp³-hybridized carbons (Fsp3) is 0.381. The van der Waals surface area contributed by atoms with Crippen LogP contribution in [-0.4, -0.2) is 67.1 Å². The maximum Gasteiger partial charge on any atom is 0.270 e. The second-order valence-electron chi connectivity index (χ2n) is 7.62. The van der Waals surface area contributed by atoms with E-state index in [1.807, 2.05) is 47.9 Å². The molecule has 1 unspecified atom stereocenters. The minimum absolute atomic E-state index is 0.135. The highest BCUT2D eigenvalue weighted by Crippen LogP contribution is 2.25. The molecule has 0 spiro atoms. The first kappa shape index (κ1) is 20.5. The molecule has 0 aliphatic carbocycles. The number of ether oxygens (including phenoxy) is 1. The highest BCUT2D eigenvalue weighted by molar-refractivity contribution is 7.88. The molecule has 1 aliphatic rings. The molecule has 0 saturated carbocycles. The van der Waals surface area contributed by atoms with Crippen molar-refractivity contribution in [2.75, 3.05) is 33.0 Å². The zero-order chi connectivity index (χ0) is 21.5. The average Bonchev–Trinajstić information content (AvgIpc) is 3.29. The van der Waals surface area contributed by atoms with Gasteiger partial charge < -0.3 is 18.6 Å². The number of fused-ring (bicyclic) bond motifs is 1. The summed E-state index contributed by atoms with van der Waals surface area (Å²) in [5.74, 6) is 0.609. The molecule has 1 aliphatic heterocycles. The Balaban J connectivity index is 1.63. The van der Waals surface area contributed by atoms with Crippen LogP contribution in [0.15, 0.2) is 47.1 Å². The molecule has 0 bridgehead atoms. The third-order valence-corrected chi connectivity index (χ3v) is 6.87. The summed E-state index contributed by atoms with van der Waals surface area (Å²) < 4.78 is 38.1. The number of hydrogen-bond acceptors (Lipinski definition) is 5. The maximum absolute atomic E-state index is 13.4. The van der Waals surface area contributed by atoms with Crippen LogP contribution in [-0.2, 0) is 16.6 Å². The van der Waals surface area contributed by atoms with Gasteiger partial charge in [-0.15, -0.1) is 0 Å². The Labute approximate surface area is 175 Å². The van der Waals surface area contributed by atoms with E-state index in [1.165, 1.54) is 10.6 Å². The van der Waals surface area contributed by atoms with Crippen molar-refractivity contribution in [3.63, 3.8) is 0 Å². The zero-order valence-electron chi connectivity index (χ0n) is 17.2. The Morgan fingerprint density at radius 1 is 1.23 bits per heavy atom. The van der Waals surface area contributed by atoms with Crippen molar-refractivity contribution < 1.29 is 22.4 Å². The van der Waals surface area contributed by atoms with E-state index in [9.17, 15) is 13.2 Å². The number of sulfonamides is 1. The molecule has 3 heterocycles. The molecule has 1 saturated heterocycles. The molecular weight excluding hydrogens is 406 g/mol. The number of aromatic nitrogens is 1. The van der Waals surface area contributed by atoms with E-state index in [4.69, 9.17) is 9.15 Å². The second-order valence-corrected chi connectivity index (χ2v) is 9.56. The van der Waals surface area contributed by atoms with Crippen molar-refractivity contribution in [1.82, 2.24) is 13.8 Å². The van der Waals surface area contributed by atoms with Crippen LogP contribution < -0.4 is 4.74 Å². The lowest BCUT2D eigenvalue weighted by Crippen LogP contribution is -2.55. The van der Waals surface area contributed by atoms with Crippen molar-refractivity contribution in [1.29, 1.82) is 0 Å². The number of piperazine rings is 1. The molecule has 8 nitrogen and oxygen atoms in total. The fourth-order valence-electron chi connectivity index (χ4n) is 4.04. The number of hydrogen-bond donors (Lipinski definition) is 0. The summed E-state index contributed by atoms with van der Waals surface area (Å²) in [5.41, 5.74) is 2.13. The Bertz CT molecular complexity index is 1180. The first-order valence-electron chi connectivity index (χ1n) is 9.73. The largest absolute Gasteiger partial charge is 0.497 e. The summed E-state index contributed by atoms with van der Waals surface area (Å²) in [6.45, 7) is 3.26. The molecule has 0 N–H and O–H groups in total. The third kappa shape index (κ3) is 3.82. The number of rotatable bonds is 5. The summed E-state index contributed by atoms with van der Waals surface area (Å²) in [7, 11) is -1.68. The average molecular weight is 432 g/mol. The second kappa shape index (κ2) is 7.81. The van der Waals surface area contributed by atoms with Crippen LogP contribution >= 0.6 is 0 Å². The normalized spacial score (nSPS) is 18.1. The van der Waals surface area contributed by atoms with Crippen LogP contribution in [0.25, 0.3) is 11.1 Å². The number of amides is 1. The van der Waals surface area contributed by atoms with Crippen molar-refractivity contribution >= 4 is 27.0 Å². The molecule has 9 heteroatoms. The summed E-state index contributed by atoms with van der Waals surface area (Å²) in [4.78, 5) is 15.1. The number of methoxy groups -OCH3 is 1. The van der Waals surface area contributed by atoms with Crippen molar-refractivity contribution in [3.05, 3.63) is 53.9 Å². The van der Waals surface area contributed by atoms with E-state index in [0.717, 1.165) is 16.7 Å². The van der Waals surface area contributed by atoms with Crippen LogP contribution in [0.5, 0.6) is 5.75 Å². The third-order valence-electron chi connectivity index (χ3n) is 5.48. The van der Waals surface area contributed by atoms with Gasteiger partial charge in [0.1, 0.15) is 11.4 Å². The van der Waals surface area contributed by atoms with Gasteiger partial charge in [0.25, 0.3) is 5.91 Å². The quantitative estimate of drug-likeness (QED) is 0.619. The Kier molecular flexibility index (Phi) is 5.33. The Hall–Kier alpha value is -2.78. The highest BCUT2D eigenvalue weighted by Gasteiger charge is 2.33. The van der Waals surface area contributed by atoms with Gasteiger partial charge in [-0.25, -0.2) is 8.42 Å². The molecule has 0 radical (unpaired) electrons. The van der Waals surface area contributed by atoms with E-state index >= 15 is 0 Å². The monoisotopic (exact) mass is 431 g/mol. The number of benzene rings is 1. The van der Waals surface area contributed by atoms with Crippen LogP contribution in [0.1, 0.15) is 23.0 Å². The van der Waals surface area contributed by atoms with E-state index in [1.54, 1.807) is 18.3 Å². The summed E-state index contributed by atoms with van der Waals surface area (Å²) in [5, 5.41) is 0.851. The van der Waals surface area contributed by atoms with Gasteiger partial charge in [-0.1, -0.05) is 12.1 Å². The SMILES string of the molecule is COc1cccc(Cn2c(C(=O)N3CCN(S(C)(=O)=O)C(C)C3)cc3ccoc32)c1.